The van der Waals surface area contributed by atoms with E-state index < -0.39 is 10.9 Å². The molecule has 0 N–H and O–H groups in total. The third-order valence-corrected chi connectivity index (χ3v) is 4.06. The van der Waals surface area contributed by atoms with Crippen molar-refractivity contribution in [2.45, 2.75) is 39.3 Å². The summed E-state index contributed by atoms with van der Waals surface area (Å²) >= 11 is 0. The van der Waals surface area contributed by atoms with Gasteiger partial charge in [-0.1, -0.05) is 0 Å². The quantitative estimate of drug-likeness (QED) is 0.481. The number of ether oxygens (including phenoxy) is 2. The number of hydrogen-bond donors (Lipinski definition) is 0. The van der Waals surface area contributed by atoms with Gasteiger partial charge in [-0.05, 0) is 33.8 Å². The van der Waals surface area contributed by atoms with E-state index in [9.17, 15) is 14.9 Å². The number of methoxy groups -OCH3 is 1. The van der Waals surface area contributed by atoms with Crippen LogP contribution < -0.4 is 4.74 Å². The summed E-state index contributed by atoms with van der Waals surface area (Å²) in [5.74, 6) is -0.290. The number of carbonyl (C=O) groups is 1. The van der Waals surface area contributed by atoms with E-state index in [1.165, 1.54) is 26.2 Å². The van der Waals surface area contributed by atoms with E-state index in [0.29, 0.717) is 5.75 Å². The van der Waals surface area contributed by atoms with Crippen LogP contribution in [0.2, 0.25) is 0 Å². The molecule has 2 rings (SSSR count). The predicted molar refractivity (Wildman–Crippen MR) is 84.9 cm³/mol. The monoisotopic (exact) mass is 322 g/mol. The highest BCUT2D eigenvalue weighted by Crippen LogP contribution is 2.31. The highest BCUT2D eigenvalue weighted by atomic mass is 16.6. The molecule has 0 atom stereocenters. The molecule has 1 aromatic carbocycles. The van der Waals surface area contributed by atoms with Crippen LogP contribution in [0.4, 0.5) is 5.69 Å². The van der Waals surface area contributed by atoms with Gasteiger partial charge < -0.3 is 9.47 Å². The van der Waals surface area contributed by atoms with Crippen LogP contribution in [0.3, 0.4) is 0 Å². The molecule has 1 aromatic rings. The van der Waals surface area contributed by atoms with Crippen LogP contribution in [0, 0.1) is 17.0 Å². The first-order valence-corrected chi connectivity index (χ1v) is 7.42. The average Bonchev–Trinajstić information content (AvgIpc) is 2.41. The Bertz CT molecular complexity index is 630. The molecule has 0 saturated carbocycles. The molecule has 7 nitrogen and oxygen atoms in total. The Hall–Kier alpha value is -2.15. The number of esters is 1. The van der Waals surface area contributed by atoms with Gasteiger partial charge in [0, 0.05) is 24.2 Å². The molecule has 1 fully saturated rings. The minimum atomic E-state index is -0.610. The summed E-state index contributed by atoms with van der Waals surface area (Å²) < 4.78 is 10.5. The number of benzene rings is 1. The van der Waals surface area contributed by atoms with Crippen molar-refractivity contribution in [1.29, 1.82) is 0 Å². The number of hydrogen-bond acceptors (Lipinski definition) is 6. The number of nitro groups is 1. The lowest BCUT2D eigenvalue weighted by Gasteiger charge is -2.47. The van der Waals surface area contributed by atoms with Crippen molar-refractivity contribution in [1.82, 2.24) is 4.90 Å². The fourth-order valence-corrected chi connectivity index (χ4v) is 2.51. The van der Waals surface area contributed by atoms with Crippen LogP contribution in [0.1, 0.15) is 36.7 Å². The molecular formula is C16H22N2O5. The molecule has 1 saturated heterocycles. The van der Waals surface area contributed by atoms with Gasteiger partial charge >= 0.3 is 5.97 Å². The van der Waals surface area contributed by atoms with Crippen LogP contribution in [0.15, 0.2) is 12.1 Å². The molecule has 7 heteroatoms. The van der Waals surface area contributed by atoms with Crippen molar-refractivity contribution >= 4 is 11.7 Å². The third kappa shape index (κ3) is 3.61. The first-order valence-electron chi connectivity index (χ1n) is 7.42. The van der Waals surface area contributed by atoms with Gasteiger partial charge in [0.25, 0.3) is 5.69 Å². The summed E-state index contributed by atoms with van der Waals surface area (Å²) in [5, 5.41) is 11.2. The van der Waals surface area contributed by atoms with Crippen LogP contribution in [-0.2, 0) is 4.74 Å². The Morgan fingerprint density at radius 2 is 1.96 bits per heavy atom. The van der Waals surface area contributed by atoms with Gasteiger partial charge in [0.05, 0.1) is 23.7 Å². The standard InChI is InChI=1S/C16H22N2O5/c1-10-13(15(19)22-5)6-11(7-14(10)18(20)21)23-12-8-17(9-12)16(2,3)4/h6-7,12H,8-9H2,1-5H3. The molecule has 0 spiro atoms. The van der Waals surface area contributed by atoms with Crippen molar-refractivity contribution in [2.75, 3.05) is 20.2 Å². The molecule has 1 aliphatic rings. The lowest BCUT2D eigenvalue weighted by Crippen LogP contribution is -2.60. The average molecular weight is 322 g/mol. The molecule has 0 unspecified atom stereocenters. The van der Waals surface area contributed by atoms with Crippen LogP contribution in [-0.4, -0.2) is 47.6 Å². The normalized spacial score (nSPS) is 15.9. The van der Waals surface area contributed by atoms with Crippen molar-refractivity contribution in [3.05, 3.63) is 33.4 Å². The summed E-state index contributed by atoms with van der Waals surface area (Å²) in [6, 6.07) is 2.87. The van der Waals surface area contributed by atoms with E-state index >= 15 is 0 Å². The fourth-order valence-electron chi connectivity index (χ4n) is 2.51. The van der Waals surface area contributed by atoms with Gasteiger partial charge in [-0.15, -0.1) is 0 Å². The van der Waals surface area contributed by atoms with Crippen molar-refractivity contribution in [3.8, 4) is 5.75 Å². The maximum Gasteiger partial charge on any atom is 0.338 e. The summed E-state index contributed by atoms with van der Waals surface area (Å²) in [4.78, 5) is 24.7. The zero-order valence-electron chi connectivity index (χ0n) is 14.1. The minimum Gasteiger partial charge on any atom is -0.487 e. The Kier molecular flexibility index (Phi) is 4.61. The molecule has 0 bridgehead atoms. The Morgan fingerprint density at radius 3 is 2.43 bits per heavy atom. The summed E-state index contributed by atoms with van der Waals surface area (Å²) in [7, 11) is 1.24. The first kappa shape index (κ1) is 17.2. The molecule has 0 aliphatic carbocycles. The second-order valence-electron chi connectivity index (χ2n) is 6.68. The number of carbonyl (C=O) groups excluding carboxylic acids is 1. The van der Waals surface area contributed by atoms with Gasteiger partial charge in [0.1, 0.15) is 11.9 Å². The zero-order chi connectivity index (χ0) is 17.4. The van der Waals surface area contributed by atoms with E-state index in [-0.39, 0.29) is 28.5 Å². The van der Waals surface area contributed by atoms with Crippen LogP contribution in [0.5, 0.6) is 5.75 Å². The van der Waals surface area contributed by atoms with E-state index in [1.807, 2.05) is 0 Å². The number of nitrogens with zero attached hydrogens (tertiary/aromatic N) is 2. The maximum absolute atomic E-state index is 11.8. The van der Waals surface area contributed by atoms with Crippen molar-refractivity contribution < 1.29 is 19.2 Å². The second kappa shape index (κ2) is 6.16. The zero-order valence-corrected chi connectivity index (χ0v) is 14.1. The Morgan fingerprint density at radius 1 is 1.35 bits per heavy atom. The molecule has 1 aliphatic heterocycles. The number of likely N-dealkylation sites (tertiary alicyclic amines) is 1. The fraction of sp³-hybridized carbons (Fsp3) is 0.562. The maximum atomic E-state index is 11.8. The molecular weight excluding hydrogens is 300 g/mol. The van der Waals surface area contributed by atoms with Crippen molar-refractivity contribution in [2.24, 2.45) is 0 Å². The predicted octanol–water partition coefficient (Wildman–Crippen LogP) is 2.55. The van der Waals surface area contributed by atoms with Gasteiger partial charge in [0.15, 0.2) is 0 Å². The number of rotatable bonds is 4. The molecule has 0 aromatic heterocycles. The van der Waals surface area contributed by atoms with Gasteiger partial charge in [-0.2, -0.15) is 0 Å². The van der Waals surface area contributed by atoms with E-state index in [2.05, 4.69) is 30.4 Å². The molecule has 23 heavy (non-hydrogen) atoms. The van der Waals surface area contributed by atoms with Gasteiger partial charge in [-0.3, -0.25) is 15.0 Å². The van der Waals surface area contributed by atoms with E-state index in [1.54, 1.807) is 0 Å². The molecule has 0 amide bonds. The Balaban J connectivity index is 2.21. The molecule has 0 radical (unpaired) electrons. The topological polar surface area (TPSA) is 81.9 Å². The van der Waals surface area contributed by atoms with Crippen LogP contribution in [0.25, 0.3) is 0 Å². The third-order valence-electron chi connectivity index (χ3n) is 4.06. The molecule has 126 valence electrons. The largest absolute Gasteiger partial charge is 0.487 e. The smallest absolute Gasteiger partial charge is 0.338 e. The minimum absolute atomic E-state index is 0.0398. The Labute approximate surface area is 135 Å². The van der Waals surface area contributed by atoms with Gasteiger partial charge in [-0.25, -0.2) is 4.79 Å². The first-order chi connectivity index (χ1) is 10.6. The lowest BCUT2D eigenvalue weighted by molar-refractivity contribution is -0.385. The van der Waals surface area contributed by atoms with E-state index in [0.717, 1.165) is 13.1 Å². The highest BCUT2D eigenvalue weighted by Gasteiger charge is 2.36. The molecule has 1 heterocycles. The lowest BCUT2D eigenvalue weighted by atomic mass is 9.99. The van der Waals surface area contributed by atoms with Crippen LogP contribution >= 0.6 is 0 Å². The second-order valence-corrected chi connectivity index (χ2v) is 6.68. The highest BCUT2D eigenvalue weighted by molar-refractivity contribution is 5.92. The summed E-state index contributed by atoms with van der Waals surface area (Å²) in [5.41, 5.74) is 0.355. The van der Waals surface area contributed by atoms with Crippen molar-refractivity contribution in [3.63, 3.8) is 0 Å². The van der Waals surface area contributed by atoms with Gasteiger partial charge in [0.2, 0.25) is 0 Å². The summed E-state index contributed by atoms with van der Waals surface area (Å²) in [6.45, 7) is 9.39. The summed E-state index contributed by atoms with van der Waals surface area (Å²) in [6.07, 6.45) is -0.0398. The van der Waals surface area contributed by atoms with E-state index in [4.69, 9.17) is 4.74 Å². The number of nitro benzene ring substituents is 1. The SMILES string of the molecule is COC(=O)c1cc(OC2CN(C(C)(C)C)C2)cc([N+](=O)[O-])c1C.